The lowest BCUT2D eigenvalue weighted by atomic mass is 10.0. The summed E-state index contributed by atoms with van der Waals surface area (Å²) in [6.07, 6.45) is 1.70. The molecular weight excluding hydrogens is 551 g/mol. The van der Waals surface area contributed by atoms with Gasteiger partial charge in [0.2, 0.25) is 0 Å². The van der Waals surface area contributed by atoms with E-state index in [0.29, 0.717) is 28.9 Å². The molecule has 1 fully saturated rings. The zero-order valence-electron chi connectivity index (χ0n) is 20.8. The predicted molar refractivity (Wildman–Crippen MR) is 147 cm³/mol. The first-order valence-corrected chi connectivity index (χ1v) is 14.0. The van der Waals surface area contributed by atoms with Crippen LogP contribution in [0.4, 0.5) is 24.5 Å². The van der Waals surface area contributed by atoms with Gasteiger partial charge in [0.1, 0.15) is 12.4 Å². The highest BCUT2D eigenvalue weighted by Crippen LogP contribution is 2.30. The maximum atomic E-state index is 12.5. The van der Waals surface area contributed by atoms with Crippen molar-refractivity contribution in [2.75, 3.05) is 4.72 Å². The van der Waals surface area contributed by atoms with Crippen molar-refractivity contribution in [2.45, 2.75) is 31.9 Å². The van der Waals surface area contributed by atoms with Gasteiger partial charge in [-0.25, -0.2) is 4.99 Å². The second kappa shape index (κ2) is 11.5. The van der Waals surface area contributed by atoms with E-state index in [4.69, 9.17) is 4.74 Å². The molecule has 12 heteroatoms. The Bertz CT molecular complexity index is 1500. The van der Waals surface area contributed by atoms with Gasteiger partial charge in [-0.15, -0.1) is 0 Å². The lowest BCUT2D eigenvalue weighted by Gasteiger charge is -2.10. The molecule has 4 rings (SSSR count). The Morgan fingerprint density at radius 3 is 2.23 bits per heavy atom. The molecule has 204 valence electrons. The second-order valence-corrected chi connectivity index (χ2v) is 11.5. The smallest absolute Gasteiger partial charge is 0.489 e. The quantitative estimate of drug-likeness (QED) is 0.297. The topological polar surface area (TPSA) is 96.9 Å². The SMILES string of the molecule is CC(C)c1ccc(COc2ccc(/C=C3\SC(=Nc4ccc(NS(=O)(=O)C(F)(F)F)cc4)NC3=O)cc2)cc1. The molecule has 0 unspecified atom stereocenters. The molecule has 3 aromatic carbocycles. The third-order valence-electron chi connectivity index (χ3n) is 5.54. The number of rotatable bonds is 8. The number of alkyl halides is 3. The molecule has 7 nitrogen and oxygen atoms in total. The summed E-state index contributed by atoms with van der Waals surface area (Å²) in [6.45, 7) is 4.73. The van der Waals surface area contributed by atoms with Crippen molar-refractivity contribution < 1.29 is 31.1 Å². The summed E-state index contributed by atoms with van der Waals surface area (Å²) < 4.78 is 67.3. The number of nitrogens with one attached hydrogen (secondary N) is 2. The van der Waals surface area contributed by atoms with Crippen LogP contribution in [0.15, 0.2) is 82.7 Å². The van der Waals surface area contributed by atoms with E-state index >= 15 is 0 Å². The molecule has 1 aliphatic heterocycles. The molecule has 1 amide bonds. The molecule has 0 aliphatic carbocycles. The van der Waals surface area contributed by atoms with Crippen LogP contribution in [0.25, 0.3) is 6.08 Å². The second-order valence-electron chi connectivity index (χ2n) is 8.83. The van der Waals surface area contributed by atoms with Crippen molar-refractivity contribution in [1.29, 1.82) is 0 Å². The van der Waals surface area contributed by atoms with Gasteiger partial charge in [-0.3, -0.25) is 9.52 Å². The Labute approximate surface area is 228 Å². The van der Waals surface area contributed by atoms with Gasteiger partial charge in [-0.1, -0.05) is 50.2 Å². The van der Waals surface area contributed by atoms with Crippen molar-refractivity contribution in [2.24, 2.45) is 4.99 Å². The van der Waals surface area contributed by atoms with Gasteiger partial charge in [-0.05, 0) is 76.8 Å². The van der Waals surface area contributed by atoms with Crippen molar-refractivity contribution in [3.05, 3.63) is 94.4 Å². The van der Waals surface area contributed by atoms with E-state index in [9.17, 15) is 26.4 Å². The monoisotopic (exact) mass is 575 g/mol. The number of carbonyl (C=O) groups excluding carboxylic acids is 1. The predicted octanol–water partition coefficient (Wildman–Crippen LogP) is 6.54. The number of hydrogen-bond donors (Lipinski definition) is 2. The number of aliphatic imine (C=N–C) groups is 1. The first-order chi connectivity index (χ1) is 18.4. The van der Waals surface area contributed by atoms with Crippen LogP contribution < -0.4 is 14.8 Å². The van der Waals surface area contributed by atoms with Gasteiger partial charge in [0.15, 0.2) is 5.17 Å². The fourth-order valence-corrected chi connectivity index (χ4v) is 4.80. The van der Waals surface area contributed by atoms with E-state index < -0.39 is 15.5 Å². The first-order valence-electron chi connectivity index (χ1n) is 11.7. The molecule has 2 N–H and O–H groups in total. The standard InChI is InChI=1S/C27H24F3N3O4S2/c1-17(2)20-7-3-19(4-8-20)16-37-23-13-5-18(6-14-23)15-24-25(34)32-26(38-24)31-21-9-11-22(12-10-21)33-39(35,36)27(28,29)30/h3-15,17,33H,16H2,1-2H3,(H,31,32,34)/b24-15-. The van der Waals surface area contributed by atoms with Gasteiger partial charge in [0, 0.05) is 5.69 Å². The number of halogens is 3. The van der Waals surface area contributed by atoms with Gasteiger partial charge in [-0.2, -0.15) is 21.6 Å². The largest absolute Gasteiger partial charge is 0.516 e. The Morgan fingerprint density at radius 1 is 1.00 bits per heavy atom. The summed E-state index contributed by atoms with van der Waals surface area (Å²) in [5.41, 5.74) is -2.26. The molecule has 39 heavy (non-hydrogen) atoms. The van der Waals surface area contributed by atoms with Crippen LogP contribution in [0.3, 0.4) is 0 Å². The van der Waals surface area contributed by atoms with Crippen LogP contribution in [0.1, 0.15) is 36.5 Å². The maximum Gasteiger partial charge on any atom is 0.516 e. The number of benzene rings is 3. The number of hydrogen-bond acceptors (Lipinski definition) is 6. The van der Waals surface area contributed by atoms with E-state index in [2.05, 4.69) is 36.3 Å². The molecule has 0 atom stereocenters. The fraction of sp³-hybridized carbons (Fsp3) is 0.185. The average molecular weight is 576 g/mol. The van der Waals surface area contributed by atoms with E-state index in [0.717, 1.165) is 35.0 Å². The van der Waals surface area contributed by atoms with Crippen molar-refractivity contribution in [3.8, 4) is 5.75 Å². The van der Waals surface area contributed by atoms with Gasteiger partial charge in [0.05, 0.1) is 10.6 Å². The zero-order chi connectivity index (χ0) is 28.2. The molecular formula is C27H24F3N3O4S2. The van der Waals surface area contributed by atoms with Crippen LogP contribution in [0, 0.1) is 0 Å². The fourth-order valence-electron chi connectivity index (χ4n) is 3.39. The summed E-state index contributed by atoms with van der Waals surface area (Å²) in [4.78, 5) is 17.0. The molecule has 0 bridgehead atoms. The number of amidine groups is 1. The minimum Gasteiger partial charge on any atom is -0.489 e. The van der Waals surface area contributed by atoms with Gasteiger partial charge < -0.3 is 10.1 Å². The minimum atomic E-state index is -5.52. The molecule has 0 radical (unpaired) electrons. The number of carbonyl (C=O) groups is 1. The molecule has 1 saturated heterocycles. The Balaban J connectivity index is 1.35. The lowest BCUT2D eigenvalue weighted by molar-refractivity contribution is -0.115. The third-order valence-corrected chi connectivity index (χ3v) is 7.56. The van der Waals surface area contributed by atoms with Gasteiger partial charge in [0.25, 0.3) is 5.91 Å². The highest BCUT2D eigenvalue weighted by atomic mass is 32.2. The molecule has 3 aromatic rings. The number of amides is 1. The summed E-state index contributed by atoms with van der Waals surface area (Å²) in [5, 5.41) is 2.90. The van der Waals surface area contributed by atoms with Crippen LogP contribution in [0.2, 0.25) is 0 Å². The zero-order valence-corrected chi connectivity index (χ0v) is 22.5. The first kappa shape index (κ1) is 28.2. The molecule has 1 aliphatic rings. The number of ether oxygens (including phenoxy) is 1. The van der Waals surface area contributed by atoms with Crippen LogP contribution in [-0.4, -0.2) is 25.0 Å². The number of thioether (sulfide) groups is 1. The van der Waals surface area contributed by atoms with E-state index in [1.54, 1.807) is 6.08 Å². The normalized spacial score (nSPS) is 16.1. The highest BCUT2D eigenvalue weighted by Gasteiger charge is 2.46. The van der Waals surface area contributed by atoms with Crippen molar-refractivity contribution in [3.63, 3.8) is 0 Å². The average Bonchev–Trinajstić information content (AvgIpc) is 3.22. The minimum absolute atomic E-state index is 0.267. The summed E-state index contributed by atoms with van der Waals surface area (Å²) in [7, 11) is -5.52. The molecule has 0 saturated carbocycles. The van der Waals surface area contributed by atoms with E-state index in [-0.39, 0.29) is 16.8 Å². The Morgan fingerprint density at radius 2 is 1.64 bits per heavy atom. The van der Waals surface area contributed by atoms with Crippen molar-refractivity contribution in [1.82, 2.24) is 5.32 Å². The van der Waals surface area contributed by atoms with Crippen LogP contribution in [-0.2, 0) is 21.4 Å². The van der Waals surface area contributed by atoms with E-state index in [1.165, 1.54) is 22.4 Å². The highest BCUT2D eigenvalue weighted by molar-refractivity contribution is 8.18. The number of nitrogens with zero attached hydrogens (tertiary/aromatic N) is 1. The summed E-state index contributed by atoms with van der Waals surface area (Å²) in [6, 6.07) is 20.5. The summed E-state index contributed by atoms with van der Waals surface area (Å²) >= 11 is 1.10. The molecule has 0 aromatic heterocycles. The molecule has 0 spiro atoms. The Hall–Kier alpha value is -3.77. The lowest BCUT2D eigenvalue weighted by Crippen LogP contribution is -2.29. The van der Waals surface area contributed by atoms with E-state index in [1.807, 2.05) is 36.4 Å². The maximum absolute atomic E-state index is 12.5. The number of sulfonamides is 1. The van der Waals surface area contributed by atoms with Crippen molar-refractivity contribution >= 4 is 50.3 Å². The third kappa shape index (κ3) is 7.42. The Kier molecular flexibility index (Phi) is 8.36. The number of anilines is 1. The van der Waals surface area contributed by atoms with Crippen LogP contribution in [0.5, 0.6) is 5.75 Å². The van der Waals surface area contributed by atoms with Crippen LogP contribution >= 0.6 is 11.8 Å². The van der Waals surface area contributed by atoms with Gasteiger partial charge >= 0.3 is 15.5 Å². The molecule has 1 heterocycles. The summed E-state index contributed by atoms with van der Waals surface area (Å²) in [5.74, 6) is 0.811.